The summed E-state index contributed by atoms with van der Waals surface area (Å²) >= 11 is 4.30. The molecule has 1 aromatic carbocycles. The van der Waals surface area contributed by atoms with Crippen molar-refractivity contribution in [1.29, 1.82) is 0 Å². The van der Waals surface area contributed by atoms with Crippen molar-refractivity contribution in [2.24, 2.45) is 5.92 Å². The first-order chi connectivity index (χ1) is 7.17. The second-order valence-electron chi connectivity index (χ2n) is 4.01. The van der Waals surface area contributed by atoms with Gasteiger partial charge >= 0.3 is 0 Å². The minimum absolute atomic E-state index is 0.551. The normalized spacial score (nSPS) is 12.5. The monoisotopic (exact) mass is 224 g/mol. The van der Waals surface area contributed by atoms with Crippen LogP contribution >= 0.6 is 12.6 Å². The minimum Gasteiger partial charge on any atom is -0.493 e. The fourth-order valence-electron chi connectivity index (χ4n) is 1.32. The van der Waals surface area contributed by atoms with Crippen LogP contribution in [0.5, 0.6) is 5.75 Å². The van der Waals surface area contributed by atoms with Gasteiger partial charge in [-0.15, -0.1) is 0 Å². The number of hydrogen-bond acceptors (Lipinski definition) is 2. The third kappa shape index (κ3) is 3.78. The van der Waals surface area contributed by atoms with Gasteiger partial charge in [0.25, 0.3) is 0 Å². The van der Waals surface area contributed by atoms with Crippen molar-refractivity contribution in [2.75, 3.05) is 12.4 Å². The SMILES string of the molecule is CCC(CS)COc1ccc(C)c(C)c1. The van der Waals surface area contributed by atoms with E-state index in [-0.39, 0.29) is 0 Å². The van der Waals surface area contributed by atoms with Crippen molar-refractivity contribution in [3.05, 3.63) is 29.3 Å². The molecule has 1 nitrogen and oxygen atoms in total. The second kappa shape index (κ2) is 6.06. The van der Waals surface area contributed by atoms with E-state index in [0.29, 0.717) is 5.92 Å². The lowest BCUT2D eigenvalue weighted by Gasteiger charge is -2.14. The summed E-state index contributed by atoms with van der Waals surface area (Å²) < 4.78 is 5.74. The van der Waals surface area contributed by atoms with Crippen molar-refractivity contribution in [3.8, 4) is 5.75 Å². The van der Waals surface area contributed by atoms with Crippen molar-refractivity contribution in [2.45, 2.75) is 27.2 Å². The molecule has 0 N–H and O–H groups in total. The van der Waals surface area contributed by atoms with E-state index in [4.69, 9.17) is 4.74 Å². The number of thiol groups is 1. The Morgan fingerprint density at radius 3 is 2.53 bits per heavy atom. The van der Waals surface area contributed by atoms with Gasteiger partial charge in [-0.25, -0.2) is 0 Å². The quantitative estimate of drug-likeness (QED) is 0.751. The van der Waals surface area contributed by atoms with Gasteiger partial charge in [0.05, 0.1) is 6.61 Å². The zero-order chi connectivity index (χ0) is 11.3. The summed E-state index contributed by atoms with van der Waals surface area (Å²) in [4.78, 5) is 0. The molecule has 0 spiro atoms. The Labute approximate surface area is 98.3 Å². The second-order valence-corrected chi connectivity index (χ2v) is 4.38. The van der Waals surface area contributed by atoms with E-state index in [0.717, 1.165) is 24.5 Å². The van der Waals surface area contributed by atoms with E-state index in [2.05, 4.69) is 45.5 Å². The van der Waals surface area contributed by atoms with Crippen LogP contribution in [0.1, 0.15) is 24.5 Å². The molecule has 84 valence electrons. The van der Waals surface area contributed by atoms with E-state index in [9.17, 15) is 0 Å². The van der Waals surface area contributed by atoms with Crippen LogP contribution in [0.25, 0.3) is 0 Å². The molecule has 0 saturated carbocycles. The van der Waals surface area contributed by atoms with Crippen LogP contribution in [-0.2, 0) is 0 Å². The van der Waals surface area contributed by atoms with Gasteiger partial charge in [-0.3, -0.25) is 0 Å². The molecule has 0 aliphatic heterocycles. The number of rotatable bonds is 5. The summed E-state index contributed by atoms with van der Waals surface area (Å²) in [7, 11) is 0. The van der Waals surface area contributed by atoms with Gasteiger partial charge in [-0.2, -0.15) is 12.6 Å². The Kier molecular flexibility index (Phi) is 5.03. The molecule has 15 heavy (non-hydrogen) atoms. The van der Waals surface area contributed by atoms with Crippen molar-refractivity contribution in [3.63, 3.8) is 0 Å². The largest absolute Gasteiger partial charge is 0.493 e. The maximum Gasteiger partial charge on any atom is 0.119 e. The van der Waals surface area contributed by atoms with E-state index < -0.39 is 0 Å². The molecule has 0 aliphatic rings. The summed E-state index contributed by atoms with van der Waals surface area (Å²) in [5.41, 5.74) is 2.59. The lowest BCUT2D eigenvalue weighted by atomic mass is 10.1. The molecule has 2 heteroatoms. The average Bonchev–Trinajstić information content (AvgIpc) is 2.24. The number of aryl methyl sites for hydroxylation is 2. The zero-order valence-electron chi connectivity index (χ0n) is 9.79. The van der Waals surface area contributed by atoms with Crippen molar-refractivity contribution < 1.29 is 4.74 Å². The predicted octanol–water partition coefficient (Wildman–Crippen LogP) is 3.64. The first-order valence-electron chi connectivity index (χ1n) is 5.48. The topological polar surface area (TPSA) is 9.23 Å². The summed E-state index contributed by atoms with van der Waals surface area (Å²) in [6.07, 6.45) is 1.12. The molecule has 1 unspecified atom stereocenters. The molecular weight excluding hydrogens is 204 g/mol. The fraction of sp³-hybridized carbons (Fsp3) is 0.538. The molecule has 1 rings (SSSR count). The molecule has 0 fully saturated rings. The van der Waals surface area contributed by atoms with Gasteiger partial charge in [0.2, 0.25) is 0 Å². The molecular formula is C13H20OS. The van der Waals surface area contributed by atoms with Crippen molar-refractivity contribution >= 4 is 12.6 Å². The molecule has 1 atom stereocenters. The van der Waals surface area contributed by atoms with E-state index in [1.54, 1.807) is 0 Å². The average molecular weight is 224 g/mol. The number of ether oxygens (including phenoxy) is 1. The molecule has 0 saturated heterocycles. The summed E-state index contributed by atoms with van der Waals surface area (Å²) in [5, 5.41) is 0. The van der Waals surface area contributed by atoms with Gasteiger partial charge in [-0.05, 0) is 49.3 Å². The van der Waals surface area contributed by atoms with E-state index in [1.165, 1.54) is 11.1 Å². The molecule has 0 radical (unpaired) electrons. The first kappa shape index (κ1) is 12.4. The minimum atomic E-state index is 0.551. The van der Waals surface area contributed by atoms with Crippen molar-refractivity contribution in [1.82, 2.24) is 0 Å². The Morgan fingerprint density at radius 1 is 1.27 bits per heavy atom. The number of hydrogen-bond donors (Lipinski definition) is 1. The van der Waals surface area contributed by atoms with Gasteiger partial charge in [0, 0.05) is 5.92 Å². The van der Waals surface area contributed by atoms with Crippen LogP contribution in [0.3, 0.4) is 0 Å². The van der Waals surface area contributed by atoms with Crippen LogP contribution in [0.4, 0.5) is 0 Å². The highest BCUT2D eigenvalue weighted by Crippen LogP contribution is 2.17. The highest BCUT2D eigenvalue weighted by atomic mass is 32.1. The van der Waals surface area contributed by atoms with Gasteiger partial charge < -0.3 is 4.74 Å². The lowest BCUT2D eigenvalue weighted by molar-refractivity contribution is 0.259. The van der Waals surface area contributed by atoms with Crippen LogP contribution < -0.4 is 4.74 Å². The zero-order valence-corrected chi connectivity index (χ0v) is 10.7. The molecule has 0 bridgehead atoms. The molecule has 0 aliphatic carbocycles. The Bertz CT molecular complexity index is 305. The first-order valence-corrected chi connectivity index (χ1v) is 6.11. The van der Waals surface area contributed by atoms with Crippen LogP contribution in [0.2, 0.25) is 0 Å². The third-order valence-corrected chi connectivity index (χ3v) is 3.32. The third-order valence-electron chi connectivity index (χ3n) is 2.80. The summed E-state index contributed by atoms with van der Waals surface area (Å²) in [5.74, 6) is 2.41. The Hall–Kier alpha value is -0.630. The van der Waals surface area contributed by atoms with E-state index in [1.807, 2.05) is 6.07 Å². The highest BCUT2D eigenvalue weighted by Gasteiger charge is 2.05. The van der Waals surface area contributed by atoms with Gasteiger partial charge in [-0.1, -0.05) is 13.0 Å². The Morgan fingerprint density at radius 2 is 2.00 bits per heavy atom. The maximum absolute atomic E-state index is 5.74. The fourth-order valence-corrected chi connectivity index (χ4v) is 1.68. The summed E-state index contributed by atoms with van der Waals surface area (Å²) in [6, 6.07) is 6.24. The highest BCUT2D eigenvalue weighted by molar-refractivity contribution is 7.80. The molecule has 0 heterocycles. The van der Waals surface area contributed by atoms with Gasteiger partial charge in [0.15, 0.2) is 0 Å². The predicted molar refractivity (Wildman–Crippen MR) is 69.0 cm³/mol. The molecule has 1 aromatic rings. The molecule has 0 amide bonds. The standard InChI is InChI=1S/C13H20OS/c1-4-12(9-15)8-14-13-6-5-10(2)11(3)7-13/h5-7,12,15H,4,8-9H2,1-3H3. The number of benzene rings is 1. The van der Waals surface area contributed by atoms with E-state index >= 15 is 0 Å². The Balaban J connectivity index is 2.54. The summed E-state index contributed by atoms with van der Waals surface area (Å²) in [6.45, 7) is 7.16. The lowest BCUT2D eigenvalue weighted by Crippen LogP contribution is -2.12. The smallest absolute Gasteiger partial charge is 0.119 e. The van der Waals surface area contributed by atoms with Gasteiger partial charge in [0.1, 0.15) is 5.75 Å². The van der Waals surface area contributed by atoms with Crippen LogP contribution in [0.15, 0.2) is 18.2 Å². The van der Waals surface area contributed by atoms with Crippen LogP contribution in [-0.4, -0.2) is 12.4 Å². The molecule has 0 aromatic heterocycles. The van der Waals surface area contributed by atoms with Crippen LogP contribution in [0, 0.1) is 19.8 Å². The maximum atomic E-state index is 5.74.